The normalized spacial score (nSPS) is 11.6. The fourth-order valence-corrected chi connectivity index (χ4v) is 2.09. The maximum Gasteiger partial charge on any atom is 0.246 e. The van der Waals surface area contributed by atoms with E-state index in [4.69, 9.17) is 21.1 Å². The highest BCUT2D eigenvalue weighted by Crippen LogP contribution is 2.32. The highest BCUT2D eigenvalue weighted by molar-refractivity contribution is 6.32. The predicted molar refractivity (Wildman–Crippen MR) is 83.2 cm³/mol. The highest BCUT2D eigenvalue weighted by Gasteiger charge is 2.19. The molecule has 2 aromatic carbocycles. The molecular formula is C16H15ClFNO3. The topological polar surface area (TPSA) is 47.6 Å². The lowest BCUT2D eigenvalue weighted by Crippen LogP contribution is -2.17. The Bertz CT molecular complexity index is 661. The monoisotopic (exact) mass is 323 g/mol. The lowest BCUT2D eigenvalue weighted by atomic mass is 10.1. The molecule has 22 heavy (non-hydrogen) atoms. The van der Waals surface area contributed by atoms with E-state index in [1.807, 2.05) is 0 Å². The second kappa shape index (κ2) is 7.13. The molecule has 1 N–H and O–H groups in total. The molecule has 0 saturated carbocycles. The zero-order chi connectivity index (χ0) is 16.1. The maximum absolute atomic E-state index is 12.8. The van der Waals surface area contributed by atoms with Crippen molar-refractivity contribution in [3.8, 4) is 11.5 Å². The van der Waals surface area contributed by atoms with Crippen LogP contribution in [0.15, 0.2) is 42.5 Å². The second-order valence-electron chi connectivity index (χ2n) is 4.47. The van der Waals surface area contributed by atoms with E-state index in [2.05, 4.69) is 5.32 Å². The number of halogens is 2. The van der Waals surface area contributed by atoms with E-state index in [1.165, 1.54) is 38.5 Å². The minimum atomic E-state index is -0.912. The fourth-order valence-electron chi connectivity index (χ4n) is 1.90. The number of hydrogen-bond donors (Lipinski definition) is 1. The summed E-state index contributed by atoms with van der Waals surface area (Å²) in [6.07, 6.45) is 0. The van der Waals surface area contributed by atoms with Crippen molar-refractivity contribution in [1.82, 2.24) is 0 Å². The van der Waals surface area contributed by atoms with Crippen molar-refractivity contribution in [2.45, 2.75) is 5.38 Å². The first kappa shape index (κ1) is 16.1. The van der Waals surface area contributed by atoms with Crippen molar-refractivity contribution in [3.05, 3.63) is 53.8 Å². The van der Waals surface area contributed by atoms with Gasteiger partial charge in [-0.25, -0.2) is 4.39 Å². The van der Waals surface area contributed by atoms with Gasteiger partial charge in [0, 0.05) is 5.69 Å². The van der Waals surface area contributed by atoms with Gasteiger partial charge in [-0.15, -0.1) is 11.6 Å². The van der Waals surface area contributed by atoms with Crippen LogP contribution in [0.3, 0.4) is 0 Å². The number of carbonyl (C=O) groups is 1. The van der Waals surface area contributed by atoms with E-state index in [0.717, 1.165) is 0 Å². The van der Waals surface area contributed by atoms with Gasteiger partial charge < -0.3 is 14.8 Å². The molecule has 1 amide bonds. The van der Waals surface area contributed by atoms with Crippen molar-refractivity contribution < 1.29 is 18.7 Å². The van der Waals surface area contributed by atoms with Crippen LogP contribution in [0.1, 0.15) is 10.9 Å². The maximum atomic E-state index is 12.8. The number of ether oxygens (including phenoxy) is 2. The van der Waals surface area contributed by atoms with E-state index in [0.29, 0.717) is 22.7 Å². The molecule has 1 atom stereocenters. The van der Waals surface area contributed by atoms with Crippen LogP contribution in [-0.4, -0.2) is 20.1 Å². The Balaban J connectivity index is 2.14. The van der Waals surface area contributed by atoms with Crippen LogP contribution in [-0.2, 0) is 4.79 Å². The Labute approximate surface area is 132 Å². The van der Waals surface area contributed by atoms with Crippen LogP contribution in [0, 0.1) is 5.82 Å². The number of amides is 1. The highest BCUT2D eigenvalue weighted by atomic mass is 35.5. The predicted octanol–water partition coefficient (Wildman–Crippen LogP) is 3.76. The molecule has 1 unspecified atom stereocenters. The van der Waals surface area contributed by atoms with E-state index >= 15 is 0 Å². The third-order valence-corrected chi connectivity index (χ3v) is 3.49. The Morgan fingerprint density at radius 3 is 2.32 bits per heavy atom. The van der Waals surface area contributed by atoms with Gasteiger partial charge in [-0.05, 0) is 42.0 Å². The molecule has 0 aliphatic heterocycles. The third-order valence-electron chi connectivity index (χ3n) is 3.04. The summed E-state index contributed by atoms with van der Waals surface area (Å²) >= 11 is 6.18. The molecule has 2 rings (SSSR count). The fraction of sp³-hybridized carbons (Fsp3) is 0.188. The first-order valence-electron chi connectivity index (χ1n) is 6.47. The summed E-state index contributed by atoms with van der Waals surface area (Å²) < 4.78 is 23.2. The molecule has 0 bridgehead atoms. The van der Waals surface area contributed by atoms with Crippen LogP contribution in [0.5, 0.6) is 11.5 Å². The van der Waals surface area contributed by atoms with Crippen LogP contribution >= 0.6 is 11.6 Å². The van der Waals surface area contributed by atoms with E-state index in [1.54, 1.807) is 18.2 Å². The Morgan fingerprint density at radius 1 is 1.09 bits per heavy atom. The minimum absolute atomic E-state index is 0.375. The SMILES string of the molecule is COc1ccc(C(Cl)C(=O)Nc2ccc(F)cc2)cc1OC. The summed E-state index contributed by atoms with van der Waals surface area (Å²) in [6, 6.07) is 10.4. The molecule has 0 heterocycles. The second-order valence-corrected chi connectivity index (χ2v) is 4.91. The number of benzene rings is 2. The molecule has 0 radical (unpaired) electrons. The van der Waals surface area contributed by atoms with Crippen molar-refractivity contribution in [2.75, 3.05) is 19.5 Å². The quantitative estimate of drug-likeness (QED) is 0.852. The molecule has 0 aliphatic carbocycles. The zero-order valence-electron chi connectivity index (χ0n) is 12.1. The Hall–Kier alpha value is -2.27. The first-order chi connectivity index (χ1) is 10.5. The van der Waals surface area contributed by atoms with Crippen LogP contribution in [0.25, 0.3) is 0 Å². The van der Waals surface area contributed by atoms with E-state index in [-0.39, 0.29) is 5.82 Å². The average Bonchev–Trinajstić information content (AvgIpc) is 2.55. The molecule has 0 aromatic heterocycles. The van der Waals surface area contributed by atoms with Gasteiger partial charge in [0.15, 0.2) is 11.5 Å². The molecule has 0 saturated heterocycles. The molecule has 0 spiro atoms. The van der Waals surface area contributed by atoms with Crippen molar-refractivity contribution in [3.63, 3.8) is 0 Å². The van der Waals surface area contributed by atoms with Crippen molar-refractivity contribution in [2.24, 2.45) is 0 Å². The molecule has 6 heteroatoms. The lowest BCUT2D eigenvalue weighted by molar-refractivity contribution is -0.116. The van der Waals surface area contributed by atoms with E-state index in [9.17, 15) is 9.18 Å². The minimum Gasteiger partial charge on any atom is -0.493 e. The summed E-state index contributed by atoms with van der Waals surface area (Å²) in [5.74, 6) is 0.245. The molecule has 116 valence electrons. The average molecular weight is 324 g/mol. The first-order valence-corrected chi connectivity index (χ1v) is 6.91. The summed E-state index contributed by atoms with van der Waals surface area (Å²) in [6.45, 7) is 0. The van der Waals surface area contributed by atoms with Crippen LogP contribution in [0.4, 0.5) is 10.1 Å². The number of carbonyl (C=O) groups excluding carboxylic acids is 1. The lowest BCUT2D eigenvalue weighted by Gasteiger charge is -2.13. The number of alkyl halides is 1. The number of rotatable bonds is 5. The van der Waals surface area contributed by atoms with Crippen LogP contribution < -0.4 is 14.8 Å². The van der Waals surface area contributed by atoms with Crippen molar-refractivity contribution in [1.29, 1.82) is 0 Å². The van der Waals surface area contributed by atoms with Gasteiger partial charge >= 0.3 is 0 Å². The molecule has 4 nitrogen and oxygen atoms in total. The number of anilines is 1. The molecule has 0 fully saturated rings. The third kappa shape index (κ3) is 3.68. The molecular weight excluding hydrogens is 309 g/mol. The summed E-state index contributed by atoms with van der Waals surface area (Å²) in [4.78, 5) is 12.1. The Morgan fingerprint density at radius 2 is 1.73 bits per heavy atom. The van der Waals surface area contributed by atoms with E-state index < -0.39 is 11.3 Å². The standard InChI is InChI=1S/C16H15ClFNO3/c1-21-13-8-3-10(9-14(13)22-2)15(17)16(20)19-12-6-4-11(18)5-7-12/h3-9,15H,1-2H3,(H,19,20). The molecule has 2 aromatic rings. The summed E-state index contributed by atoms with van der Waals surface area (Å²) in [5.41, 5.74) is 1.04. The summed E-state index contributed by atoms with van der Waals surface area (Å²) in [5, 5.41) is 1.71. The van der Waals surface area contributed by atoms with Gasteiger partial charge in [0.25, 0.3) is 0 Å². The van der Waals surface area contributed by atoms with Crippen LogP contribution in [0.2, 0.25) is 0 Å². The smallest absolute Gasteiger partial charge is 0.246 e. The van der Waals surface area contributed by atoms with Gasteiger partial charge in [0.2, 0.25) is 5.91 Å². The number of methoxy groups -OCH3 is 2. The zero-order valence-corrected chi connectivity index (χ0v) is 12.9. The van der Waals surface area contributed by atoms with Gasteiger partial charge in [0.05, 0.1) is 14.2 Å². The number of nitrogens with one attached hydrogen (secondary N) is 1. The number of hydrogen-bond acceptors (Lipinski definition) is 3. The summed E-state index contributed by atoms with van der Waals surface area (Å²) in [7, 11) is 3.03. The van der Waals surface area contributed by atoms with Crippen molar-refractivity contribution >= 4 is 23.2 Å². The largest absolute Gasteiger partial charge is 0.493 e. The molecule has 0 aliphatic rings. The van der Waals surface area contributed by atoms with Gasteiger partial charge in [-0.1, -0.05) is 6.07 Å². The van der Waals surface area contributed by atoms with Gasteiger partial charge in [-0.3, -0.25) is 4.79 Å². The van der Waals surface area contributed by atoms with Gasteiger partial charge in [0.1, 0.15) is 11.2 Å². The van der Waals surface area contributed by atoms with Gasteiger partial charge in [-0.2, -0.15) is 0 Å². The Kier molecular flexibility index (Phi) is 5.22.